The predicted octanol–water partition coefficient (Wildman–Crippen LogP) is 6.10. The van der Waals surface area contributed by atoms with Crippen molar-refractivity contribution in [3.05, 3.63) is 83.9 Å². The van der Waals surface area contributed by atoms with Gasteiger partial charge in [-0.2, -0.15) is 0 Å². The third kappa shape index (κ3) is 6.78. The van der Waals surface area contributed by atoms with Gasteiger partial charge in [-0.15, -0.1) is 0 Å². The fraction of sp³-hybridized carbons (Fsp3) is 0.269. The maximum absolute atomic E-state index is 12.6. The van der Waals surface area contributed by atoms with Crippen LogP contribution in [0.5, 0.6) is 17.2 Å². The zero-order chi connectivity index (χ0) is 21.9. The summed E-state index contributed by atoms with van der Waals surface area (Å²) in [6.45, 7) is 3.28. The van der Waals surface area contributed by atoms with E-state index in [9.17, 15) is 4.79 Å². The van der Waals surface area contributed by atoms with Gasteiger partial charge in [0.05, 0.1) is 13.7 Å². The average Bonchev–Trinajstić information content (AvgIpc) is 2.82. The molecule has 0 radical (unpaired) electrons. The topological polar surface area (TPSA) is 56.8 Å². The summed E-state index contributed by atoms with van der Waals surface area (Å²) in [4.78, 5) is 12.6. The van der Waals surface area contributed by atoms with Crippen molar-refractivity contribution in [1.29, 1.82) is 0 Å². The molecule has 1 N–H and O–H groups in total. The Bertz CT molecular complexity index is 955. The summed E-state index contributed by atoms with van der Waals surface area (Å²) in [6.07, 6.45) is 3.26. The van der Waals surface area contributed by atoms with Gasteiger partial charge in [-0.25, -0.2) is 0 Å². The standard InChI is InChI=1S/C26H29NO4/c1-3-4-8-17-30-24-16-11-21(18-25(24)29-2)26(28)27-22-12-14-23(15-13-22)31-19-20-9-6-5-7-10-20/h5-7,9-16,18H,3-4,8,17,19H2,1-2H3,(H,27,28). The van der Waals surface area contributed by atoms with Gasteiger partial charge in [0, 0.05) is 11.3 Å². The van der Waals surface area contributed by atoms with Crippen LogP contribution in [0.2, 0.25) is 0 Å². The minimum Gasteiger partial charge on any atom is -0.493 e. The van der Waals surface area contributed by atoms with E-state index in [0.29, 0.717) is 36.0 Å². The lowest BCUT2D eigenvalue weighted by atomic mass is 10.1. The molecule has 3 rings (SSSR count). The van der Waals surface area contributed by atoms with Crippen LogP contribution in [0.4, 0.5) is 5.69 Å². The molecule has 0 aliphatic rings. The van der Waals surface area contributed by atoms with Crippen molar-refractivity contribution in [3.63, 3.8) is 0 Å². The molecule has 0 fully saturated rings. The van der Waals surface area contributed by atoms with E-state index >= 15 is 0 Å². The molecule has 5 nitrogen and oxygen atoms in total. The minimum absolute atomic E-state index is 0.214. The first-order valence-electron chi connectivity index (χ1n) is 10.6. The number of unbranched alkanes of at least 4 members (excludes halogenated alkanes) is 2. The van der Waals surface area contributed by atoms with E-state index in [4.69, 9.17) is 14.2 Å². The molecule has 0 heterocycles. The lowest BCUT2D eigenvalue weighted by Crippen LogP contribution is -2.12. The first kappa shape index (κ1) is 22.2. The molecule has 0 atom stereocenters. The number of ether oxygens (including phenoxy) is 3. The Morgan fingerprint density at radius 1 is 0.871 bits per heavy atom. The molecule has 0 saturated heterocycles. The van der Waals surface area contributed by atoms with Crippen molar-refractivity contribution in [2.45, 2.75) is 32.8 Å². The van der Waals surface area contributed by atoms with Crippen molar-refractivity contribution in [1.82, 2.24) is 0 Å². The zero-order valence-electron chi connectivity index (χ0n) is 18.1. The molecule has 0 aliphatic heterocycles. The Morgan fingerprint density at radius 2 is 1.65 bits per heavy atom. The SMILES string of the molecule is CCCCCOc1ccc(C(=O)Nc2ccc(OCc3ccccc3)cc2)cc1OC. The van der Waals surface area contributed by atoms with Crippen LogP contribution in [-0.2, 0) is 6.61 Å². The monoisotopic (exact) mass is 419 g/mol. The molecule has 5 heteroatoms. The van der Waals surface area contributed by atoms with Crippen molar-refractivity contribution in [2.24, 2.45) is 0 Å². The molecule has 31 heavy (non-hydrogen) atoms. The number of hydrogen-bond acceptors (Lipinski definition) is 4. The van der Waals surface area contributed by atoms with E-state index in [1.54, 1.807) is 25.3 Å². The molecule has 1 amide bonds. The molecule has 0 aromatic heterocycles. The van der Waals surface area contributed by atoms with Crippen molar-refractivity contribution >= 4 is 11.6 Å². The molecule has 3 aromatic carbocycles. The molecule has 162 valence electrons. The van der Waals surface area contributed by atoms with E-state index in [1.807, 2.05) is 54.6 Å². The average molecular weight is 420 g/mol. The number of nitrogens with one attached hydrogen (secondary N) is 1. The van der Waals surface area contributed by atoms with Gasteiger partial charge in [0.1, 0.15) is 12.4 Å². The third-order valence-electron chi connectivity index (χ3n) is 4.79. The van der Waals surface area contributed by atoms with Crippen molar-refractivity contribution < 1.29 is 19.0 Å². The van der Waals surface area contributed by atoms with Crippen LogP contribution in [0.25, 0.3) is 0 Å². The zero-order valence-corrected chi connectivity index (χ0v) is 18.1. The van der Waals surface area contributed by atoms with Gasteiger partial charge < -0.3 is 19.5 Å². The number of rotatable bonds is 11. The summed E-state index contributed by atoms with van der Waals surface area (Å²) in [7, 11) is 1.57. The highest BCUT2D eigenvalue weighted by Crippen LogP contribution is 2.29. The fourth-order valence-corrected chi connectivity index (χ4v) is 3.04. The highest BCUT2D eigenvalue weighted by molar-refractivity contribution is 6.04. The van der Waals surface area contributed by atoms with Gasteiger partial charge in [0.2, 0.25) is 0 Å². The molecule has 0 bridgehead atoms. The predicted molar refractivity (Wildman–Crippen MR) is 123 cm³/mol. The smallest absolute Gasteiger partial charge is 0.255 e. The number of hydrogen-bond donors (Lipinski definition) is 1. The highest BCUT2D eigenvalue weighted by atomic mass is 16.5. The van der Waals surface area contributed by atoms with Gasteiger partial charge in [-0.1, -0.05) is 50.1 Å². The minimum atomic E-state index is -0.214. The second kappa shape index (κ2) is 11.6. The van der Waals surface area contributed by atoms with E-state index in [2.05, 4.69) is 12.2 Å². The lowest BCUT2D eigenvalue weighted by molar-refractivity contribution is 0.102. The number of amides is 1. The Kier molecular flexibility index (Phi) is 8.35. The fourth-order valence-electron chi connectivity index (χ4n) is 3.04. The third-order valence-corrected chi connectivity index (χ3v) is 4.79. The number of methoxy groups -OCH3 is 1. The second-order valence-electron chi connectivity index (χ2n) is 7.17. The van der Waals surface area contributed by atoms with Gasteiger partial charge in [-0.05, 0) is 54.4 Å². The Labute approximate surface area is 184 Å². The summed E-state index contributed by atoms with van der Waals surface area (Å²) < 4.78 is 17.0. The second-order valence-corrected chi connectivity index (χ2v) is 7.17. The van der Waals surface area contributed by atoms with Crippen molar-refractivity contribution in [3.8, 4) is 17.2 Å². The van der Waals surface area contributed by atoms with Gasteiger partial charge in [0.15, 0.2) is 11.5 Å². The normalized spacial score (nSPS) is 10.4. The van der Waals surface area contributed by atoms with Crippen LogP contribution in [0.15, 0.2) is 72.8 Å². The Balaban J connectivity index is 1.56. The van der Waals surface area contributed by atoms with E-state index in [-0.39, 0.29) is 5.91 Å². The largest absolute Gasteiger partial charge is 0.493 e. The van der Waals surface area contributed by atoms with Crippen LogP contribution in [0.1, 0.15) is 42.1 Å². The summed E-state index contributed by atoms with van der Waals surface area (Å²) in [5.74, 6) is 1.73. The summed E-state index contributed by atoms with van der Waals surface area (Å²) in [5, 5.41) is 2.90. The van der Waals surface area contributed by atoms with Crippen LogP contribution < -0.4 is 19.5 Å². The molecule has 0 aliphatic carbocycles. The summed E-state index contributed by atoms with van der Waals surface area (Å²) >= 11 is 0. The summed E-state index contributed by atoms with van der Waals surface area (Å²) in [5.41, 5.74) is 2.30. The lowest BCUT2D eigenvalue weighted by Gasteiger charge is -2.12. The van der Waals surface area contributed by atoms with Crippen LogP contribution >= 0.6 is 0 Å². The molecular formula is C26H29NO4. The van der Waals surface area contributed by atoms with E-state index in [0.717, 1.165) is 30.6 Å². The van der Waals surface area contributed by atoms with Gasteiger partial charge in [-0.3, -0.25) is 4.79 Å². The molecular weight excluding hydrogens is 390 g/mol. The number of anilines is 1. The van der Waals surface area contributed by atoms with Crippen LogP contribution in [0.3, 0.4) is 0 Å². The van der Waals surface area contributed by atoms with Crippen molar-refractivity contribution in [2.75, 3.05) is 19.0 Å². The quantitative estimate of drug-likeness (QED) is 0.382. The molecule has 0 spiro atoms. The van der Waals surface area contributed by atoms with Gasteiger partial charge >= 0.3 is 0 Å². The van der Waals surface area contributed by atoms with Crippen LogP contribution in [-0.4, -0.2) is 19.6 Å². The number of carbonyl (C=O) groups excluding carboxylic acids is 1. The number of benzene rings is 3. The number of carbonyl (C=O) groups is 1. The molecule has 0 unspecified atom stereocenters. The van der Waals surface area contributed by atoms with Crippen LogP contribution in [0, 0.1) is 0 Å². The first-order valence-corrected chi connectivity index (χ1v) is 10.6. The Morgan fingerprint density at radius 3 is 2.35 bits per heavy atom. The molecule has 0 saturated carbocycles. The Hall–Kier alpha value is -3.47. The first-order chi connectivity index (χ1) is 15.2. The van der Waals surface area contributed by atoms with E-state index in [1.165, 1.54) is 0 Å². The van der Waals surface area contributed by atoms with Gasteiger partial charge in [0.25, 0.3) is 5.91 Å². The summed E-state index contributed by atoms with van der Waals surface area (Å²) in [6, 6.07) is 22.5. The maximum atomic E-state index is 12.6. The highest BCUT2D eigenvalue weighted by Gasteiger charge is 2.12. The molecule has 3 aromatic rings. The van der Waals surface area contributed by atoms with E-state index < -0.39 is 0 Å². The maximum Gasteiger partial charge on any atom is 0.255 e.